The van der Waals surface area contributed by atoms with E-state index in [0.717, 1.165) is 18.9 Å². The summed E-state index contributed by atoms with van der Waals surface area (Å²) < 4.78 is 5.30. The van der Waals surface area contributed by atoms with Crippen LogP contribution in [0.5, 0.6) is 0 Å². The van der Waals surface area contributed by atoms with Crippen LogP contribution in [0.1, 0.15) is 66.7 Å². The fourth-order valence-electron chi connectivity index (χ4n) is 2.54. The maximum Gasteiger partial charge on any atom is 0.407 e. The van der Waals surface area contributed by atoms with Crippen LogP contribution in [0.3, 0.4) is 0 Å². The van der Waals surface area contributed by atoms with E-state index in [1.807, 2.05) is 20.8 Å². The zero-order chi connectivity index (χ0) is 15.2. The summed E-state index contributed by atoms with van der Waals surface area (Å²) in [6.07, 6.45) is 5.73. The number of carbonyl (C=O) groups is 1. The molecule has 0 spiro atoms. The van der Waals surface area contributed by atoms with Crippen molar-refractivity contribution in [2.24, 2.45) is 5.92 Å². The molecule has 118 valence electrons. The zero-order valence-electron chi connectivity index (χ0n) is 13.8. The Labute approximate surface area is 124 Å². The molecule has 0 bridgehead atoms. The predicted octanol–water partition coefficient (Wildman–Crippen LogP) is 3.46. The quantitative estimate of drug-likeness (QED) is 0.813. The van der Waals surface area contributed by atoms with Gasteiger partial charge in [0, 0.05) is 18.6 Å². The van der Waals surface area contributed by atoms with Crippen LogP contribution >= 0.6 is 0 Å². The molecule has 0 heterocycles. The van der Waals surface area contributed by atoms with Gasteiger partial charge in [-0.25, -0.2) is 4.79 Å². The summed E-state index contributed by atoms with van der Waals surface area (Å²) in [6.45, 7) is 10.9. The first-order valence-electron chi connectivity index (χ1n) is 8.03. The van der Waals surface area contributed by atoms with E-state index in [1.54, 1.807) is 0 Å². The number of hydrogen-bond acceptors (Lipinski definition) is 3. The molecule has 0 radical (unpaired) electrons. The Kier molecular flexibility index (Phi) is 6.80. The number of carbonyl (C=O) groups excluding carboxylic acids is 1. The number of alkyl carbamates (subject to hydrolysis) is 1. The van der Waals surface area contributed by atoms with Crippen LogP contribution in [0.15, 0.2) is 0 Å². The lowest BCUT2D eigenvalue weighted by molar-refractivity contribution is 0.0501. The van der Waals surface area contributed by atoms with E-state index in [9.17, 15) is 4.79 Å². The predicted molar refractivity (Wildman–Crippen MR) is 82.9 cm³/mol. The molecule has 1 aliphatic rings. The van der Waals surface area contributed by atoms with Crippen molar-refractivity contribution in [3.63, 3.8) is 0 Å². The molecule has 1 atom stereocenters. The Morgan fingerprint density at radius 3 is 2.35 bits per heavy atom. The highest BCUT2D eigenvalue weighted by Gasteiger charge is 2.21. The summed E-state index contributed by atoms with van der Waals surface area (Å²) in [4.78, 5) is 11.8. The van der Waals surface area contributed by atoms with Crippen molar-refractivity contribution in [3.8, 4) is 0 Å². The lowest BCUT2D eigenvalue weighted by Gasteiger charge is -2.29. The van der Waals surface area contributed by atoms with Gasteiger partial charge in [0.1, 0.15) is 5.60 Å². The van der Waals surface area contributed by atoms with E-state index in [1.165, 1.54) is 25.7 Å². The monoisotopic (exact) mass is 284 g/mol. The number of rotatable bonds is 5. The van der Waals surface area contributed by atoms with Gasteiger partial charge in [-0.3, -0.25) is 0 Å². The minimum absolute atomic E-state index is 0.143. The number of nitrogens with one attached hydrogen (secondary N) is 2. The molecule has 2 N–H and O–H groups in total. The highest BCUT2D eigenvalue weighted by atomic mass is 16.6. The minimum atomic E-state index is -0.435. The third-order valence-electron chi connectivity index (χ3n) is 3.88. The Morgan fingerprint density at radius 2 is 1.85 bits per heavy atom. The van der Waals surface area contributed by atoms with Crippen LogP contribution in [-0.4, -0.2) is 30.3 Å². The van der Waals surface area contributed by atoms with Gasteiger partial charge in [0.15, 0.2) is 0 Å². The number of amides is 1. The smallest absolute Gasteiger partial charge is 0.407 e. The molecule has 0 aliphatic heterocycles. The molecule has 1 unspecified atom stereocenters. The Balaban J connectivity index is 2.27. The topological polar surface area (TPSA) is 50.4 Å². The molecule has 4 nitrogen and oxygen atoms in total. The van der Waals surface area contributed by atoms with Crippen molar-refractivity contribution in [2.75, 3.05) is 6.54 Å². The summed E-state index contributed by atoms with van der Waals surface area (Å²) in [7, 11) is 0. The van der Waals surface area contributed by atoms with Crippen LogP contribution in [0.4, 0.5) is 4.79 Å². The van der Waals surface area contributed by atoms with Crippen molar-refractivity contribution in [1.82, 2.24) is 10.6 Å². The van der Waals surface area contributed by atoms with Crippen LogP contribution in [0, 0.1) is 5.92 Å². The van der Waals surface area contributed by atoms with Gasteiger partial charge >= 0.3 is 6.09 Å². The fraction of sp³-hybridized carbons (Fsp3) is 0.938. The summed E-state index contributed by atoms with van der Waals surface area (Å²) in [6, 6.07) is 0.755. The molecule has 1 aliphatic carbocycles. The normalized spacial score (nSPS) is 25.1. The van der Waals surface area contributed by atoms with E-state index >= 15 is 0 Å². The highest BCUT2D eigenvalue weighted by molar-refractivity contribution is 5.68. The lowest BCUT2D eigenvalue weighted by Crippen LogP contribution is -2.46. The lowest BCUT2D eigenvalue weighted by atomic mass is 9.87. The van der Waals surface area contributed by atoms with Gasteiger partial charge in [-0.1, -0.05) is 13.8 Å². The van der Waals surface area contributed by atoms with Crippen molar-refractivity contribution >= 4 is 6.09 Å². The van der Waals surface area contributed by atoms with Gasteiger partial charge in [-0.05, 0) is 58.8 Å². The van der Waals surface area contributed by atoms with Gasteiger partial charge in [0.2, 0.25) is 0 Å². The molecule has 1 rings (SSSR count). The molecule has 0 aromatic rings. The summed E-state index contributed by atoms with van der Waals surface area (Å²) >= 11 is 0. The van der Waals surface area contributed by atoms with Crippen LogP contribution in [-0.2, 0) is 4.74 Å². The maximum absolute atomic E-state index is 11.8. The third-order valence-corrected chi connectivity index (χ3v) is 3.88. The van der Waals surface area contributed by atoms with Crippen molar-refractivity contribution in [1.29, 1.82) is 0 Å². The van der Waals surface area contributed by atoms with Crippen molar-refractivity contribution in [3.05, 3.63) is 0 Å². The molecule has 1 saturated carbocycles. The second-order valence-corrected chi connectivity index (χ2v) is 7.12. The maximum atomic E-state index is 11.8. The van der Waals surface area contributed by atoms with Crippen molar-refractivity contribution in [2.45, 2.75) is 84.4 Å². The van der Waals surface area contributed by atoms with Crippen LogP contribution in [0.2, 0.25) is 0 Å². The van der Waals surface area contributed by atoms with Crippen LogP contribution < -0.4 is 10.6 Å². The number of hydrogen-bond donors (Lipinski definition) is 2. The SMILES string of the molecule is CCC(CNC1CCC(C)CC1)NC(=O)OC(C)(C)C. The average molecular weight is 284 g/mol. The van der Waals surface area contributed by atoms with Gasteiger partial charge in [0.25, 0.3) is 0 Å². The van der Waals surface area contributed by atoms with E-state index in [-0.39, 0.29) is 12.1 Å². The first-order chi connectivity index (χ1) is 9.30. The molecule has 20 heavy (non-hydrogen) atoms. The van der Waals surface area contributed by atoms with E-state index in [2.05, 4.69) is 24.5 Å². The molecule has 0 aromatic carbocycles. The third kappa shape index (κ3) is 7.13. The largest absolute Gasteiger partial charge is 0.444 e. The summed E-state index contributed by atoms with van der Waals surface area (Å²) in [5.41, 5.74) is -0.435. The Bertz CT molecular complexity index is 291. The van der Waals surface area contributed by atoms with Crippen LogP contribution in [0.25, 0.3) is 0 Å². The van der Waals surface area contributed by atoms with E-state index < -0.39 is 5.60 Å². The Morgan fingerprint density at radius 1 is 1.25 bits per heavy atom. The molecule has 1 fully saturated rings. The summed E-state index contributed by atoms with van der Waals surface area (Å²) in [5.74, 6) is 0.870. The van der Waals surface area contributed by atoms with E-state index in [0.29, 0.717) is 6.04 Å². The second kappa shape index (κ2) is 7.87. The van der Waals surface area contributed by atoms with Gasteiger partial charge < -0.3 is 15.4 Å². The first-order valence-corrected chi connectivity index (χ1v) is 8.03. The number of ether oxygens (including phenoxy) is 1. The fourth-order valence-corrected chi connectivity index (χ4v) is 2.54. The van der Waals surface area contributed by atoms with Gasteiger partial charge in [-0.15, -0.1) is 0 Å². The minimum Gasteiger partial charge on any atom is -0.444 e. The molecule has 4 heteroatoms. The molecular formula is C16H32N2O2. The van der Waals surface area contributed by atoms with Crippen molar-refractivity contribution < 1.29 is 9.53 Å². The zero-order valence-corrected chi connectivity index (χ0v) is 13.8. The van der Waals surface area contributed by atoms with Gasteiger partial charge in [0.05, 0.1) is 0 Å². The molecule has 0 aromatic heterocycles. The second-order valence-electron chi connectivity index (χ2n) is 7.12. The molecule has 0 saturated heterocycles. The molecular weight excluding hydrogens is 252 g/mol. The Hall–Kier alpha value is -0.770. The average Bonchev–Trinajstić information content (AvgIpc) is 2.34. The highest BCUT2D eigenvalue weighted by Crippen LogP contribution is 2.23. The summed E-state index contributed by atoms with van der Waals surface area (Å²) in [5, 5.41) is 6.54. The first kappa shape index (κ1) is 17.3. The van der Waals surface area contributed by atoms with Gasteiger partial charge in [-0.2, -0.15) is 0 Å². The van der Waals surface area contributed by atoms with E-state index in [4.69, 9.17) is 4.74 Å². The standard InChI is InChI=1S/C16H32N2O2/c1-6-13(18-15(19)20-16(3,4)5)11-17-14-9-7-12(2)8-10-14/h12-14,17H,6-11H2,1-5H3,(H,18,19). The molecule has 1 amide bonds.